The number of esters is 1. The van der Waals surface area contributed by atoms with Crippen LogP contribution >= 0.6 is 0 Å². The van der Waals surface area contributed by atoms with Crippen LogP contribution in [0.4, 0.5) is 5.69 Å². The topological polar surface area (TPSA) is 73.2 Å². The van der Waals surface area contributed by atoms with Crippen LogP contribution in [-0.2, 0) is 9.59 Å². The standard InChI is InChI=1S/C28H27N3O3/c1-17-7-6-8-23(16-17)27-26(22-10-12-24(13-11-22)29-20(4)32)28(34-21(5)33)31(30-27)25-14-9-18(2)15-19(25)3/h6-16H,1-5H3,(H,29,32). The number of carbonyl (C=O) groups excluding carboxylic acids is 2. The third-order valence-electron chi connectivity index (χ3n) is 5.45. The average Bonchev–Trinajstić information content (AvgIpc) is 3.12. The Hall–Kier alpha value is -4.19. The molecule has 1 aromatic heterocycles. The molecular formula is C28H27N3O3. The molecule has 0 fully saturated rings. The Morgan fingerprint density at radius 3 is 2.18 bits per heavy atom. The van der Waals surface area contributed by atoms with Crippen molar-refractivity contribution in [2.45, 2.75) is 34.6 Å². The average molecular weight is 454 g/mol. The summed E-state index contributed by atoms with van der Waals surface area (Å²) in [5.41, 5.74) is 7.90. The van der Waals surface area contributed by atoms with Crippen molar-refractivity contribution in [3.63, 3.8) is 0 Å². The van der Waals surface area contributed by atoms with Crippen LogP contribution in [0.5, 0.6) is 5.88 Å². The number of nitrogens with one attached hydrogen (secondary N) is 1. The fourth-order valence-corrected chi connectivity index (χ4v) is 4.02. The zero-order chi connectivity index (χ0) is 24.4. The molecular weight excluding hydrogens is 426 g/mol. The number of nitrogens with zero attached hydrogens (tertiary/aromatic N) is 2. The number of amides is 1. The number of anilines is 1. The number of hydrogen-bond acceptors (Lipinski definition) is 4. The summed E-state index contributed by atoms with van der Waals surface area (Å²) in [6.45, 7) is 8.92. The van der Waals surface area contributed by atoms with Gasteiger partial charge in [0.1, 0.15) is 5.69 Å². The predicted molar refractivity (Wildman–Crippen MR) is 134 cm³/mol. The fourth-order valence-electron chi connectivity index (χ4n) is 4.02. The lowest BCUT2D eigenvalue weighted by Gasteiger charge is -2.12. The van der Waals surface area contributed by atoms with Crippen molar-refractivity contribution in [2.24, 2.45) is 0 Å². The van der Waals surface area contributed by atoms with Gasteiger partial charge in [-0.3, -0.25) is 9.59 Å². The van der Waals surface area contributed by atoms with Gasteiger partial charge < -0.3 is 10.1 Å². The molecule has 34 heavy (non-hydrogen) atoms. The lowest BCUT2D eigenvalue weighted by atomic mass is 10.00. The van der Waals surface area contributed by atoms with Crippen molar-refractivity contribution in [3.05, 3.63) is 83.4 Å². The Morgan fingerprint density at radius 2 is 1.56 bits per heavy atom. The van der Waals surface area contributed by atoms with Crippen LogP contribution in [0.1, 0.15) is 30.5 Å². The molecule has 1 heterocycles. The van der Waals surface area contributed by atoms with E-state index in [2.05, 4.69) is 17.4 Å². The van der Waals surface area contributed by atoms with E-state index >= 15 is 0 Å². The molecule has 0 aliphatic rings. The molecule has 6 nitrogen and oxygen atoms in total. The quantitative estimate of drug-likeness (QED) is 0.375. The van der Waals surface area contributed by atoms with Crippen molar-refractivity contribution in [2.75, 3.05) is 5.32 Å². The SMILES string of the molecule is CC(=O)Nc1ccc(-c2c(-c3cccc(C)c3)nn(-c3ccc(C)cc3C)c2OC(C)=O)cc1. The minimum atomic E-state index is -0.433. The van der Waals surface area contributed by atoms with Gasteiger partial charge >= 0.3 is 5.97 Å². The number of aromatic nitrogens is 2. The third-order valence-corrected chi connectivity index (χ3v) is 5.45. The largest absolute Gasteiger partial charge is 0.407 e. The lowest BCUT2D eigenvalue weighted by Crippen LogP contribution is -2.09. The zero-order valence-electron chi connectivity index (χ0n) is 20.0. The molecule has 0 spiro atoms. The van der Waals surface area contributed by atoms with Crippen LogP contribution in [0.3, 0.4) is 0 Å². The molecule has 0 saturated heterocycles. The summed E-state index contributed by atoms with van der Waals surface area (Å²) in [7, 11) is 0. The Balaban J connectivity index is 2.01. The number of carbonyl (C=O) groups is 2. The lowest BCUT2D eigenvalue weighted by molar-refractivity contribution is -0.132. The number of ether oxygens (including phenoxy) is 1. The van der Waals surface area contributed by atoms with Gasteiger partial charge in [0.15, 0.2) is 0 Å². The summed E-state index contributed by atoms with van der Waals surface area (Å²) >= 11 is 0. The molecule has 1 amide bonds. The molecule has 0 radical (unpaired) electrons. The van der Waals surface area contributed by atoms with Crippen LogP contribution < -0.4 is 10.1 Å². The maximum absolute atomic E-state index is 12.2. The Labute approximate surface area is 199 Å². The molecule has 0 aliphatic carbocycles. The van der Waals surface area contributed by atoms with Crippen LogP contribution in [0.2, 0.25) is 0 Å². The van der Waals surface area contributed by atoms with E-state index in [1.54, 1.807) is 4.68 Å². The van der Waals surface area contributed by atoms with Gasteiger partial charge in [-0.1, -0.05) is 53.6 Å². The summed E-state index contributed by atoms with van der Waals surface area (Å²) in [6, 6.07) is 21.5. The summed E-state index contributed by atoms with van der Waals surface area (Å²) in [5.74, 6) is -0.225. The minimum absolute atomic E-state index is 0.142. The van der Waals surface area contributed by atoms with Crippen LogP contribution in [0.15, 0.2) is 66.7 Å². The first kappa shape index (κ1) is 23.0. The Bertz CT molecular complexity index is 1380. The molecule has 172 valence electrons. The molecule has 0 atom stereocenters. The summed E-state index contributed by atoms with van der Waals surface area (Å²) in [6.07, 6.45) is 0. The van der Waals surface area contributed by atoms with Crippen molar-refractivity contribution >= 4 is 17.6 Å². The van der Waals surface area contributed by atoms with Gasteiger partial charge in [-0.15, -0.1) is 0 Å². The van der Waals surface area contributed by atoms with Crippen LogP contribution in [0.25, 0.3) is 28.1 Å². The number of hydrogen-bond donors (Lipinski definition) is 1. The van der Waals surface area contributed by atoms with Gasteiger partial charge in [0.2, 0.25) is 11.8 Å². The molecule has 3 aromatic carbocycles. The number of aryl methyl sites for hydroxylation is 3. The summed E-state index contributed by atoms with van der Waals surface area (Å²) in [5, 5.41) is 7.73. The van der Waals surface area contributed by atoms with E-state index in [-0.39, 0.29) is 5.91 Å². The number of benzene rings is 3. The maximum atomic E-state index is 12.2. The van der Waals surface area contributed by atoms with Crippen LogP contribution in [0, 0.1) is 20.8 Å². The van der Waals surface area contributed by atoms with E-state index in [4.69, 9.17) is 9.84 Å². The summed E-state index contributed by atoms with van der Waals surface area (Å²) in [4.78, 5) is 23.6. The predicted octanol–water partition coefficient (Wildman–Crippen LogP) is 6.02. The molecule has 6 heteroatoms. The van der Waals surface area contributed by atoms with Crippen molar-refractivity contribution in [1.29, 1.82) is 0 Å². The number of rotatable bonds is 5. The fraction of sp³-hybridized carbons (Fsp3) is 0.179. The van der Waals surface area contributed by atoms with Gasteiger partial charge in [-0.25, -0.2) is 0 Å². The maximum Gasteiger partial charge on any atom is 0.309 e. The first-order chi connectivity index (χ1) is 16.2. The Kier molecular flexibility index (Phi) is 6.32. The van der Waals surface area contributed by atoms with Gasteiger partial charge in [0.25, 0.3) is 0 Å². The monoisotopic (exact) mass is 453 g/mol. The van der Waals surface area contributed by atoms with Crippen molar-refractivity contribution in [1.82, 2.24) is 9.78 Å². The second kappa shape index (κ2) is 9.35. The van der Waals surface area contributed by atoms with Crippen molar-refractivity contribution < 1.29 is 14.3 Å². The second-order valence-corrected chi connectivity index (χ2v) is 8.45. The van der Waals surface area contributed by atoms with Crippen molar-refractivity contribution in [3.8, 4) is 34.0 Å². The van der Waals surface area contributed by atoms with E-state index in [1.165, 1.54) is 13.8 Å². The van der Waals surface area contributed by atoms with E-state index in [0.717, 1.165) is 33.5 Å². The molecule has 0 saturated carbocycles. The van der Waals surface area contributed by atoms with E-state index < -0.39 is 5.97 Å². The highest BCUT2D eigenvalue weighted by Crippen LogP contribution is 2.41. The van der Waals surface area contributed by atoms with E-state index in [9.17, 15) is 9.59 Å². The summed E-state index contributed by atoms with van der Waals surface area (Å²) < 4.78 is 7.49. The highest BCUT2D eigenvalue weighted by atomic mass is 16.5. The molecule has 4 rings (SSSR count). The minimum Gasteiger partial charge on any atom is -0.407 e. The third kappa shape index (κ3) is 4.76. The first-order valence-corrected chi connectivity index (χ1v) is 11.1. The van der Waals surface area contributed by atoms with Crippen LogP contribution in [-0.4, -0.2) is 21.7 Å². The normalized spacial score (nSPS) is 10.7. The van der Waals surface area contributed by atoms with Gasteiger partial charge in [0, 0.05) is 25.1 Å². The highest BCUT2D eigenvalue weighted by molar-refractivity contribution is 5.91. The zero-order valence-corrected chi connectivity index (χ0v) is 20.0. The van der Waals surface area contributed by atoms with E-state index in [1.807, 2.05) is 75.4 Å². The molecule has 1 N–H and O–H groups in total. The smallest absolute Gasteiger partial charge is 0.309 e. The highest BCUT2D eigenvalue weighted by Gasteiger charge is 2.25. The van der Waals surface area contributed by atoms with Gasteiger partial charge in [-0.05, 0) is 56.2 Å². The second-order valence-electron chi connectivity index (χ2n) is 8.45. The molecule has 0 bridgehead atoms. The molecule has 0 aliphatic heterocycles. The van der Waals surface area contributed by atoms with Gasteiger partial charge in [-0.2, -0.15) is 9.78 Å². The molecule has 4 aromatic rings. The van der Waals surface area contributed by atoms with Gasteiger partial charge in [0.05, 0.1) is 11.3 Å². The molecule has 0 unspecified atom stereocenters. The Morgan fingerprint density at radius 1 is 0.853 bits per heavy atom. The van der Waals surface area contributed by atoms with E-state index in [0.29, 0.717) is 22.8 Å². The first-order valence-electron chi connectivity index (χ1n) is 11.1.